The molecule has 2 rings (SSSR count). The number of hydrogen-bond acceptors (Lipinski definition) is 2. The van der Waals surface area contributed by atoms with Crippen molar-refractivity contribution in [3.63, 3.8) is 0 Å². The number of carboxylic acids is 1. The van der Waals surface area contributed by atoms with E-state index in [1.165, 1.54) is 0 Å². The fourth-order valence-electron chi connectivity index (χ4n) is 1.93. The molecule has 0 spiro atoms. The van der Waals surface area contributed by atoms with E-state index in [1.807, 2.05) is 24.3 Å². The summed E-state index contributed by atoms with van der Waals surface area (Å²) in [6, 6.07) is 13.2. The zero-order valence-corrected chi connectivity index (χ0v) is 14.6. The number of carbonyl (C=O) groups excluding carboxylic acids is 1. The second kappa shape index (κ2) is 7.56. The number of benzene rings is 2. The maximum atomic E-state index is 12.2. The maximum Gasteiger partial charge on any atom is 0.326 e. The normalized spacial score (nSPS) is 11.7. The molecular weight excluding hydrogens is 414 g/mol. The molecule has 0 bridgehead atoms. The Morgan fingerprint density at radius 3 is 2.32 bits per heavy atom. The molecule has 0 fully saturated rings. The Balaban J connectivity index is 2.10. The second-order valence-electron chi connectivity index (χ2n) is 4.71. The molecule has 0 aliphatic rings. The topological polar surface area (TPSA) is 66.4 Å². The molecule has 0 saturated heterocycles. The van der Waals surface area contributed by atoms with Crippen LogP contribution in [0.15, 0.2) is 57.5 Å². The minimum absolute atomic E-state index is 0.225. The number of aliphatic carboxylic acids is 1. The van der Waals surface area contributed by atoms with Crippen LogP contribution in [0.4, 0.5) is 0 Å². The van der Waals surface area contributed by atoms with Crippen molar-refractivity contribution in [2.75, 3.05) is 0 Å². The van der Waals surface area contributed by atoms with Crippen LogP contribution in [0.1, 0.15) is 15.9 Å². The van der Waals surface area contributed by atoms with Gasteiger partial charge in [-0.05, 0) is 35.9 Å². The summed E-state index contributed by atoms with van der Waals surface area (Å²) in [5.41, 5.74) is 1.25. The predicted molar refractivity (Wildman–Crippen MR) is 90.9 cm³/mol. The average Bonchev–Trinajstić information content (AvgIpc) is 2.48. The van der Waals surface area contributed by atoms with Gasteiger partial charge < -0.3 is 10.4 Å². The van der Waals surface area contributed by atoms with E-state index >= 15 is 0 Å². The van der Waals surface area contributed by atoms with Crippen LogP contribution in [0.3, 0.4) is 0 Å². The third-order valence-corrected chi connectivity index (χ3v) is 4.07. The van der Waals surface area contributed by atoms with Crippen molar-refractivity contribution in [3.05, 3.63) is 68.6 Å². The number of rotatable bonds is 5. The quantitative estimate of drug-likeness (QED) is 0.766. The summed E-state index contributed by atoms with van der Waals surface area (Å²) in [7, 11) is 0. The Bertz CT molecular complexity index is 686. The zero-order valence-electron chi connectivity index (χ0n) is 11.4. The standard InChI is InChI=1S/C16H13Br2NO3/c17-12-6-4-10(5-7-12)8-14(16(21)22)19-15(20)11-2-1-3-13(18)9-11/h1-7,9,14H,8H2,(H,19,20)(H,21,22). The number of carbonyl (C=O) groups is 2. The highest BCUT2D eigenvalue weighted by atomic mass is 79.9. The van der Waals surface area contributed by atoms with Crippen molar-refractivity contribution in [1.29, 1.82) is 0 Å². The van der Waals surface area contributed by atoms with Gasteiger partial charge in [-0.25, -0.2) is 4.79 Å². The lowest BCUT2D eigenvalue weighted by atomic mass is 10.1. The fourth-order valence-corrected chi connectivity index (χ4v) is 2.59. The molecule has 0 aromatic heterocycles. The van der Waals surface area contributed by atoms with Crippen molar-refractivity contribution in [2.45, 2.75) is 12.5 Å². The van der Waals surface area contributed by atoms with Gasteiger partial charge in [-0.2, -0.15) is 0 Å². The Hall–Kier alpha value is -1.66. The highest BCUT2D eigenvalue weighted by Gasteiger charge is 2.21. The van der Waals surface area contributed by atoms with Crippen molar-refractivity contribution < 1.29 is 14.7 Å². The molecule has 4 nitrogen and oxygen atoms in total. The summed E-state index contributed by atoms with van der Waals surface area (Å²) in [6.45, 7) is 0. The summed E-state index contributed by atoms with van der Waals surface area (Å²) in [5.74, 6) is -1.47. The number of hydrogen-bond donors (Lipinski definition) is 2. The lowest BCUT2D eigenvalue weighted by Gasteiger charge is -2.15. The van der Waals surface area contributed by atoms with E-state index in [4.69, 9.17) is 0 Å². The number of halogens is 2. The van der Waals surface area contributed by atoms with Crippen molar-refractivity contribution >= 4 is 43.7 Å². The van der Waals surface area contributed by atoms with Crippen LogP contribution in [-0.4, -0.2) is 23.0 Å². The number of carboxylic acid groups (broad SMARTS) is 1. The van der Waals surface area contributed by atoms with Gasteiger partial charge in [-0.15, -0.1) is 0 Å². The van der Waals surface area contributed by atoms with Gasteiger partial charge in [0, 0.05) is 20.9 Å². The summed E-state index contributed by atoms with van der Waals surface area (Å²) in [6.07, 6.45) is 0.225. The van der Waals surface area contributed by atoms with Gasteiger partial charge in [0.1, 0.15) is 6.04 Å². The van der Waals surface area contributed by atoms with Gasteiger partial charge in [-0.3, -0.25) is 4.79 Å². The molecule has 0 radical (unpaired) electrons. The fraction of sp³-hybridized carbons (Fsp3) is 0.125. The molecule has 2 N–H and O–H groups in total. The Morgan fingerprint density at radius 1 is 1.05 bits per heavy atom. The minimum Gasteiger partial charge on any atom is -0.480 e. The van der Waals surface area contributed by atoms with E-state index < -0.39 is 17.9 Å². The molecule has 0 saturated carbocycles. The molecule has 0 heterocycles. The van der Waals surface area contributed by atoms with Gasteiger partial charge in [0.25, 0.3) is 5.91 Å². The number of amides is 1. The lowest BCUT2D eigenvalue weighted by molar-refractivity contribution is -0.139. The second-order valence-corrected chi connectivity index (χ2v) is 6.54. The third kappa shape index (κ3) is 4.68. The van der Waals surface area contributed by atoms with Gasteiger partial charge in [0.15, 0.2) is 0 Å². The van der Waals surface area contributed by atoms with Gasteiger partial charge in [0.2, 0.25) is 0 Å². The summed E-state index contributed by atoms with van der Waals surface area (Å²) in [4.78, 5) is 23.5. The Morgan fingerprint density at radius 2 is 1.73 bits per heavy atom. The van der Waals surface area contributed by atoms with Crippen LogP contribution in [0.5, 0.6) is 0 Å². The van der Waals surface area contributed by atoms with Gasteiger partial charge >= 0.3 is 5.97 Å². The SMILES string of the molecule is O=C(NC(Cc1ccc(Br)cc1)C(=O)O)c1cccc(Br)c1. The number of nitrogens with one attached hydrogen (secondary N) is 1. The molecule has 2 aromatic carbocycles. The van der Waals surface area contributed by atoms with Crippen molar-refractivity contribution in [2.24, 2.45) is 0 Å². The van der Waals surface area contributed by atoms with Crippen LogP contribution in [0.2, 0.25) is 0 Å². The first-order valence-corrected chi connectivity index (χ1v) is 8.08. The van der Waals surface area contributed by atoms with E-state index in [-0.39, 0.29) is 6.42 Å². The van der Waals surface area contributed by atoms with Gasteiger partial charge in [-0.1, -0.05) is 50.1 Å². The van der Waals surface area contributed by atoms with Crippen LogP contribution in [0, 0.1) is 0 Å². The Kier molecular flexibility index (Phi) is 5.74. The van der Waals surface area contributed by atoms with E-state index in [0.29, 0.717) is 5.56 Å². The van der Waals surface area contributed by atoms with E-state index in [2.05, 4.69) is 37.2 Å². The zero-order chi connectivity index (χ0) is 16.1. The monoisotopic (exact) mass is 425 g/mol. The van der Waals surface area contributed by atoms with Crippen LogP contribution in [0.25, 0.3) is 0 Å². The first kappa shape index (κ1) is 16.7. The molecule has 0 aliphatic carbocycles. The molecule has 1 amide bonds. The maximum absolute atomic E-state index is 12.2. The molecule has 0 aliphatic heterocycles. The van der Waals surface area contributed by atoms with Crippen molar-refractivity contribution in [1.82, 2.24) is 5.32 Å². The summed E-state index contributed by atoms with van der Waals surface area (Å²) >= 11 is 6.61. The summed E-state index contributed by atoms with van der Waals surface area (Å²) in [5, 5.41) is 11.9. The molecule has 6 heteroatoms. The third-order valence-electron chi connectivity index (χ3n) is 3.04. The summed E-state index contributed by atoms with van der Waals surface area (Å²) < 4.78 is 1.68. The molecule has 2 aromatic rings. The Labute approximate surface area is 144 Å². The molecule has 1 unspecified atom stereocenters. The minimum atomic E-state index is -1.06. The highest BCUT2D eigenvalue weighted by molar-refractivity contribution is 9.10. The van der Waals surface area contributed by atoms with Crippen LogP contribution >= 0.6 is 31.9 Å². The van der Waals surface area contributed by atoms with Crippen LogP contribution in [-0.2, 0) is 11.2 Å². The largest absolute Gasteiger partial charge is 0.480 e. The van der Waals surface area contributed by atoms with Gasteiger partial charge in [0.05, 0.1) is 0 Å². The van der Waals surface area contributed by atoms with Crippen molar-refractivity contribution in [3.8, 4) is 0 Å². The lowest BCUT2D eigenvalue weighted by Crippen LogP contribution is -2.42. The highest BCUT2D eigenvalue weighted by Crippen LogP contribution is 2.14. The molecular formula is C16H13Br2NO3. The van der Waals surface area contributed by atoms with E-state index in [0.717, 1.165) is 14.5 Å². The predicted octanol–water partition coefficient (Wildman–Crippen LogP) is 3.64. The average molecular weight is 427 g/mol. The first-order valence-electron chi connectivity index (χ1n) is 6.49. The van der Waals surface area contributed by atoms with E-state index in [1.54, 1.807) is 24.3 Å². The first-order chi connectivity index (χ1) is 10.5. The molecule has 1 atom stereocenters. The smallest absolute Gasteiger partial charge is 0.326 e. The van der Waals surface area contributed by atoms with E-state index in [9.17, 15) is 14.7 Å². The molecule has 22 heavy (non-hydrogen) atoms. The molecule has 114 valence electrons. The van der Waals surface area contributed by atoms with Crippen LogP contribution < -0.4 is 5.32 Å².